The van der Waals surface area contributed by atoms with Crippen molar-refractivity contribution in [1.82, 2.24) is 5.32 Å². The molecular formula is C11H17NO3S. The van der Waals surface area contributed by atoms with Gasteiger partial charge in [0.05, 0.1) is 6.61 Å². The molecule has 1 aromatic heterocycles. The van der Waals surface area contributed by atoms with Crippen molar-refractivity contribution in [2.75, 3.05) is 0 Å². The van der Waals surface area contributed by atoms with E-state index < -0.39 is 11.7 Å². The number of amides is 1. The van der Waals surface area contributed by atoms with Gasteiger partial charge in [0.2, 0.25) is 0 Å². The molecule has 16 heavy (non-hydrogen) atoms. The van der Waals surface area contributed by atoms with E-state index in [0.29, 0.717) is 6.54 Å². The molecule has 0 aliphatic rings. The number of rotatable bonds is 3. The Labute approximate surface area is 99.2 Å². The summed E-state index contributed by atoms with van der Waals surface area (Å²) in [6.45, 7) is 5.92. The number of aliphatic hydroxyl groups is 1. The second-order valence-electron chi connectivity index (χ2n) is 4.43. The van der Waals surface area contributed by atoms with E-state index in [0.717, 1.165) is 10.4 Å². The van der Waals surface area contributed by atoms with Gasteiger partial charge in [-0.25, -0.2) is 4.79 Å². The maximum atomic E-state index is 11.3. The van der Waals surface area contributed by atoms with Crippen LogP contribution in [-0.4, -0.2) is 16.8 Å². The second-order valence-corrected chi connectivity index (χ2v) is 5.43. The molecule has 2 N–H and O–H groups in total. The van der Waals surface area contributed by atoms with Gasteiger partial charge in [0, 0.05) is 11.4 Å². The lowest BCUT2D eigenvalue weighted by atomic mass is 10.2. The molecule has 0 fully saturated rings. The van der Waals surface area contributed by atoms with Crippen molar-refractivity contribution in [1.29, 1.82) is 0 Å². The van der Waals surface area contributed by atoms with Gasteiger partial charge in [-0.1, -0.05) is 0 Å². The quantitative estimate of drug-likeness (QED) is 0.856. The standard InChI is InChI=1S/C11H17NO3S/c1-11(2,3)15-10(14)12-5-8-4-9(6-13)16-7-8/h4,7,13H,5-6H2,1-3H3,(H,12,14). The normalized spacial score (nSPS) is 11.2. The van der Waals surface area contributed by atoms with Crippen molar-refractivity contribution >= 4 is 17.4 Å². The average molecular weight is 243 g/mol. The number of nitrogens with one attached hydrogen (secondary N) is 1. The minimum Gasteiger partial charge on any atom is -0.444 e. The lowest BCUT2D eigenvalue weighted by Gasteiger charge is -2.19. The minimum absolute atomic E-state index is 0.0388. The molecule has 1 amide bonds. The third kappa shape index (κ3) is 4.63. The fraction of sp³-hybridized carbons (Fsp3) is 0.545. The summed E-state index contributed by atoms with van der Waals surface area (Å²) in [5.74, 6) is 0. The van der Waals surface area contributed by atoms with Gasteiger partial charge >= 0.3 is 6.09 Å². The van der Waals surface area contributed by atoms with Gasteiger partial charge in [0.25, 0.3) is 0 Å². The highest BCUT2D eigenvalue weighted by Gasteiger charge is 2.15. The molecule has 1 aromatic rings. The zero-order valence-electron chi connectivity index (χ0n) is 9.74. The third-order valence-electron chi connectivity index (χ3n) is 1.70. The van der Waals surface area contributed by atoms with Crippen molar-refractivity contribution < 1.29 is 14.6 Å². The number of thiophene rings is 1. The zero-order chi connectivity index (χ0) is 12.2. The highest BCUT2D eigenvalue weighted by molar-refractivity contribution is 7.10. The van der Waals surface area contributed by atoms with Crippen molar-refractivity contribution in [3.05, 3.63) is 21.9 Å². The van der Waals surface area contributed by atoms with Crippen LogP contribution < -0.4 is 5.32 Å². The molecule has 0 saturated heterocycles. The Morgan fingerprint density at radius 2 is 2.25 bits per heavy atom. The van der Waals surface area contributed by atoms with Crippen LogP contribution in [0.1, 0.15) is 31.2 Å². The molecule has 0 bridgehead atoms. The van der Waals surface area contributed by atoms with E-state index in [4.69, 9.17) is 9.84 Å². The van der Waals surface area contributed by atoms with E-state index >= 15 is 0 Å². The largest absolute Gasteiger partial charge is 0.444 e. The summed E-state index contributed by atoms with van der Waals surface area (Å²) in [6.07, 6.45) is -0.427. The fourth-order valence-corrected chi connectivity index (χ4v) is 1.84. The molecule has 0 aliphatic carbocycles. The van der Waals surface area contributed by atoms with Gasteiger partial charge in [-0.2, -0.15) is 0 Å². The molecule has 0 spiro atoms. The highest BCUT2D eigenvalue weighted by Crippen LogP contribution is 2.14. The van der Waals surface area contributed by atoms with E-state index in [-0.39, 0.29) is 6.61 Å². The monoisotopic (exact) mass is 243 g/mol. The minimum atomic E-state index is -0.477. The Balaban J connectivity index is 2.37. The van der Waals surface area contributed by atoms with Crippen LogP contribution in [-0.2, 0) is 17.9 Å². The average Bonchev–Trinajstić information content (AvgIpc) is 2.59. The number of ether oxygens (including phenoxy) is 1. The maximum Gasteiger partial charge on any atom is 0.407 e. The van der Waals surface area contributed by atoms with Crippen LogP contribution in [0.2, 0.25) is 0 Å². The van der Waals surface area contributed by atoms with Crippen LogP contribution in [0.3, 0.4) is 0 Å². The summed E-state index contributed by atoms with van der Waals surface area (Å²) < 4.78 is 5.10. The Kier molecular flexibility index (Phi) is 4.32. The van der Waals surface area contributed by atoms with E-state index in [1.54, 1.807) is 0 Å². The van der Waals surface area contributed by atoms with Crippen LogP contribution in [0.4, 0.5) is 4.79 Å². The first-order valence-electron chi connectivity index (χ1n) is 5.05. The summed E-state index contributed by atoms with van der Waals surface area (Å²) in [5.41, 5.74) is 0.495. The first-order chi connectivity index (χ1) is 7.40. The van der Waals surface area contributed by atoms with Crippen LogP contribution in [0.25, 0.3) is 0 Å². The van der Waals surface area contributed by atoms with E-state index in [1.165, 1.54) is 11.3 Å². The molecule has 90 valence electrons. The summed E-state index contributed by atoms with van der Waals surface area (Å²) in [6, 6.07) is 1.86. The molecule has 0 atom stereocenters. The predicted molar refractivity (Wildman–Crippen MR) is 63.3 cm³/mol. The third-order valence-corrected chi connectivity index (χ3v) is 2.67. The van der Waals surface area contributed by atoms with Gasteiger partial charge in [0.15, 0.2) is 0 Å². The molecule has 0 saturated carbocycles. The van der Waals surface area contributed by atoms with Crippen LogP contribution in [0.15, 0.2) is 11.4 Å². The van der Waals surface area contributed by atoms with E-state index in [1.807, 2.05) is 32.2 Å². The van der Waals surface area contributed by atoms with Crippen molar-refractivity contribution in [3.63, 3.8) is 0 Å². The molecule has 4 nitrogen and oxygen atoms in total. The lowest BCUT2D eigenvalue weighted by Crippen LogP contribution is -2.32. The van der Waals surface area contributed by atoms with Gasteiger partial charge in [-0.05, 0) is 37.8 Å². The Hall–Kier alpha value is -1.07. The highest BCUT2D eigenvalue weighted by atomic mass is 32.1. The first kappa shape index (κ1) is 13.0. The number of aliphatic hydroxyl groups excluding tert-OH is 1. The summed E-state index contributed by atoms with van der Waals surface area (Å²) in [4.78, 5) is 12.2. The Morgan fingerprint density at radius 1 is 1.56 bits per heavy atom. The summed E-state index contributed by atoms with van der Waals surface area (Å²) in [7, 11) is 0. The van der Waals surface area contributed by atoms with Gasteiger partial charge in [-0.15, -0.1) is 11.3 Å². The molecule has 5 heteroatoms. The van der Waals surface area contributed by atoms with Crippen LogP contribution in [0, 0.1) is 0 Å². The number of carbonyl (C=O) groups excluding carboxylic acids is 1. The molecule has 1 rings (SSSR count). The van der Waals surface area contributed by atoms with E-state index in [2.05, 4.69) is 5.32 Å². The van der Waals surface area contributed by atoms with Gasteiger partial charge in [0.1, 0.15) is 5.60 Å². The van der Waals surface area contributed by atoms with Crippen molar-refractivity contribution in [3.8, 4) is 0 Å². The molecule has 0 radical (unpaired) electrons. The number of alkyl carbamates (subject to hydrolysis) is 1. The maximum absolute atomic E-state index is 11.3. The smallest absolute Gasteiger partial charge is 0.407 e. The second kappa shape index (κ2) is 5.32. The van der Waals surface area contributed by atoms with Crippen LogP contribution >= 0.6 is 11.3 Å². The van der Waals surface area contributed by atoms with Crippen molar-refractivity contribution in [2.45, 2.75) is 39.5 Å². The molecule has 0 aromatic carbocycles. The Bertz CT molecular complexity index is 354. The topological polar surface area (TPSA) is 58.6 Å². The fourth-order valence-electron chi connectivity index (χ4n) is 1.09. The summed E-state index contributed by atoms with van der Waals surface area (Å²) >= 11 is 1.47. The number of hydrogen-bond acceptors (Lipinski definition) is 4. The molecular weight excluding hydrogens is 226 g/mol. The zero-order valence-corrected chi connectivity index (χ0v) is 10.6. The van der Waals surface area contributed by atoms with Gasteiger partial charge < -0.3 is 15.2 Å². The number of carbonyl (C=O) groups is 1. The molecule has 0 aliphatic heterocycles. The lowest BCUT2D eigenvalue weighted by molar-refractivity contribution is 0.0523. The Morgan fingerprint density at radius 3 is 2.75 bits per heavy atom. The SMILES string of the molecule is CC(C)(C)OC(=O)NCc1csc(CO)c1. The number of hydrogen-bond donors (Lipinski definition) is 2. The predicted octanol–water partition coefficient (Wildman–Crippen LogP) is 2.27. The first-order valence-corrected chi connectivity index (χ1v) is 5.92. The van der Waals surface area contributed by atoms with E-state index in [9.17, 15) is 4.79 Å². The van der Waals surface area contributed by atoms with Gasteiger partial charge in [-0.3, -0.25) is 0 Å². The molecule has 1 heterocycles. The summed E-state index contributed by atoms with van der Waals surface area (Å²) in [5, 5.41) is 13.4. The van der Waals surface area contributed by atoms with Crippen molar-refractivity contribution in [2.24, 2.45) is 0 Å². The van der Waals surface area contributed by atoms with Crippen LogP contribution in [0.5, 0.6) is 0 Å². The molecule has 0 unspecified atom stereocenters.